The fraction of sp³-hybridized carbons (Fsp3) is 0.600. The number of aliphatic hydroxyl groups is 1. The molecule has 2 heterocycles. The van der Waals surface area contributed by atoms with E-state index in [1.165, 1.54) is 12.1 Å². The van der Waals surface area contributed by atoms with Gasteiger partial charge < -0.3 is 25.2 Å². The van der Waals surface area contributed by atoms with Gasteiger partial charge in [0.25, 0.3) is 0 Å². The Hall–Kier alpha value is -2.55. The number of nitrogens with zero attached hydrogens (tertiary/aromatic N) is 1. The lowest BCUT2D eigenvalue weighted by atomic mass is 9.73. The van der Waals surface area contributed by atoms with Crippen LogP contribution in [0.25, 0.3) is 0 Å². The first-order valence-corrected chi connectivity index (χ1v) is 13.7. The van der Waals surface area contributed by atoms with Crippen LogP contribution in [0.2, 0.25) is 0 Å². The van der Waals surface area contributed by atoms with Gasteiger partial charge in [-0.25, -0.2) is 9.37 Å². The maximum atomic E-state index is 13.4. The monoisotopic (exact) mass is 527 g/mol. The molecule has 1 aliphatic carbocycles. The van der Waals surface area contributed by atoms with Crippen molar-refractivity contribution in [3.05, 3.63) is 59.0 Å². The molecule has 0 radical (unpaired) electrons. The highest BCUT2D eigenvalue weighted by molar-refractivity contribution is 5.76. The number of benzene rings is 1. The number of aliphatic hydroxyl groups excluding tert-OH is 1. The fourth-order valence-corrected chi connectivity index (χ4v) is 5.38. The molecule has 7 nitrogen and oxygen atoms in total. The van der Waals surface area contributed by atoms with Gasteiger partial charge in [0.1, 0.15) is 11.4 Å². The number of nitrogens with one attached hydrogen (secondary N) is 2. The van der Waals surface area contributed by atoms with Gasteiger partial charge in [0.15, 0.2) is 0 Å². The molecule has 0 unspecified atom stereocenters. The number of halogens is 1. The summed E-state index contributed by atoms with van der Waals surface area (Å²) < 4.78 is 24.9. The second kappa shape index (κ2) is 12.1. The van der Waals surface area contributed by atoms with Gasteiger partial charge in [-0.3, -0.25) is 4.79 Å². The van der Waals surface area contributed by atoms with Crippen LogP contribution in [-0.4, -0.2) is 54.0 Å². The van der Waals surface area contributed by atoms with Crippen LogP contribution in [0.5, 0.6) is 5.88 Å². The van der Waals surface area contributed by atoms with E-state index in [0.717, 1.165) is 48.8 Å². The first-order chi connectivity index (χ1) is 18.1. The predicted molar refractivity (Wildman–Crippen MR) is 145 cm³/mol. The molecule has 1 saturated carbocycles. The summed E-state index contributed by atoms with van der Waals surface area (Å²) in [6, 6.07) is 7.77. The quantitative estimate of drug-likeness (QED) is 0.404. The summed E-state index contributed by atoms with van der Waals surface area (Å²) in [7, 11) is 1.55. The Morgan fingerprint density at radius 3 is 2.63 bits per heavy atom. The zero-order chi connectivity index (χ0) is 27.3. The molecule has 1 aromatic carbocycles. The van der Waals surface area contributed by atoms with Crippen LogP contribution in [0.4, 0.5) is 4.39 Å². The SMILES string of the molecule is COCCC(=O)N[C@@H](Cc1ccc(F)cc1)[C@@H](O)CN[C@H]1CC2(CCC2)Oc2ncc(CC(C)(C)C)cc21. The normalized spacial score (nSPS) is 19.7. The average Bonchev–Trinajstić information content (AvgIpc) is 2.84. The van der Waals surface area contributed by atoms with Crippen molar-refractivity contribution < 1.29 is 23.8 Å². The summed E-state index contributed by atoms with van der Waals surface area (Å²) >= 11 is 0. The van der Waals surface area contributed by atoms with E-state index in [1.807, 2.05) is 6.20 Å². The molecule has 2 aromatic rings. The van der Waals surface area contributed by atoms with Crippen LogP contribution in [0.15, 0.2) is 36.5 Å². The zero-order valence-electron chi connectivity index (χ0n) is 23.1. The number of amides is 1. The van der Waals surface area contributed by atoms with Gasteiger partial charge in [0, 0.05) is 44.3 Å². The van der Waals surface area contributed by atoms with Gasteiger partial charge >= 0.3 is 0 Å². The number of pyridine rings is 1. The number of hydrogen-bond donors (Lipinski definition) is 3. The third-order valence-corrected chi connectivity index (χ3v) is 7.49. The van der Waals surface area contributed by atoms with Crippen LogP contribution in [0.3, 0.4) is 0 Å². The van der Waals surface area contributed by atoms with Crippen molar-refractivity contribution in [1.82, 2.24) is 15.6 Å². The summed E-state index contributed by atoms with van der Waals surface area (Å²) in [5.74, 6) is 0.161. The Bertz CT molecular complexity index is 1080. The van der Waals surface area contributed by atoms with Gasteiger partial charge in [0.05, 0.1) is 18.8 Å². The van der Waals surface area contributed by atoms with Crippen LogP contribution in [-0.2, 0) is 22.4 Å². The number of rotatable bonds is 11. The average molecular weight is 528 g/mol. The molecule has 1 amide bonds. The lowest BCUT2D eigenvalue weighted by Gasteiger charge is -2.47. The lowest BCUT2D eigenvalue weighted by Crippen LogP contribution is -2.52. The number of hydrogen-bond acceptors (Lipinski definition) is 6. The topological polar surface area (TPSA) is 92.7 Å². The molecule has 1 fully saturated rings. The zero-order valence-corrected chi connectivity index (χ0v) is 23.1. The Morgan fingerprint density at radius 1 is 1.26 bits per heavy atom. The molecule has 1 spiro atoms. The number of aromatic nitrogens is 1. The number of carbonyl (C=O) groups is 1. The molecular formula is C30H42FN3O4. The Morgan fingerprint density at radius 2 is 2.00 bits per heavy atom. The van der Waals surface area contributed by atoms with E-state index in [1.54, 1.807) is 19.2 Å². The molecular weight excluding hydrogens is 485 g/mol. The summed E-state index contributed by atoms with van der Waals surface area (Å²) in [6.45, 7) is 7.20. The predicted octanol–water partition coefficient (Wildman–Crippen LogP) is 4.27. The van der Waals surface area contributed by atoms with Crippen molar-refractivity contribution in [2.45, 2.75) is 89.5 Å². The Labute approximate surface area is 225 Å². The first-order valence-electron chi connectivity index (χ1n) is 13.7. The fourth-order valence-electron chi connectivity index (χ4n) is 5.38. The smallest absolute Gasteiger partial charge is 0.222 e. The molecule has 3 atom stereocenters. The van der Waals surface area contributed by atoms with Gasteiger partial charge in [-0.1, -0.05) is 32.9 Å². The van der Waals surface area contributed by atoms with Crippen molar-refractivity contribution in [1.29, 1.82) is 0 Å². The van der Waals surface area contributed by atoms with E-state index in [9.17, 15) is 14.3 Å². The number of carbonyl (C=O) groups excluding carboxylic acids is 1. The summed E-state index contributed by atoms with van der Waals surface area (Å²) in [5.41, 5.74) is 2.96. The highest BCUT2D eigenvalue weighted by Crippen LogP contribution is 2.48. The second-order valence-corrected chi connectivity index (χ2v) is 12.1. The Balaban J connectivity index is 1.49. The molecule has 8 heteroatoms. The minimum absolute atomic E-state index is 0.0169. The number of fused-ring (bicyclic) bond motifs is 1. The van der Waals surface area contributed by atoms with E-state index in [4.69, 9.17) is 14.5 Å². The van der Waals surface area contributed by atoms with Gasteiger partial charge in [0.2, 0.25) is 11.8 Å². The summed E-state index contributed by atoms with van der Waals surface area (Å²) in [4.78, 5) is 17.2. The molecule has 1 aliphatic heterocycles. The molecule has 2 aliphatic rings. The third kappa shape index (κ3) is 7.52. The van der Waals surface area contributed by atoms with Gasteiger partial charge in [-0.15, -0.1) is 0 Å². The van der Waals surface area contributed by atoms with E-state index in [0.29, 0.717) is 18.9 Å². The maximum Gasteiger partial charge on any atom is 0.222 e. The van der Waals surface area contributed by atoms with E-state index < -0.39 is 12.1 Å². The third-order valence-electron chi connectivity index (χ3n) is 7.49. The molecule has 208 valence electrons. The van der Waals surface area contributed by atoms with Crippen LogP contribution in [0, 0.1) is 11.2 Å². The van der Waals surface area contributed by atoms with E-state index >= 15 is 0 Å². The highest BCUT2D eigenvalue weighted by Gasteiger charge is 2.46. The first kappa shape index (κ1) is 28.5. The molecule has 0 saturated heterocycles. The molecule has 4 rings (SSSR count). The summed E-state index contributed by atoms with van der Waals surface area (Å²) in [6.07, 6.45) is 6.50. The second-order valence-electron chi connectivity index (χ2n) is 12.1. The van der Waals surface area contributed by atoms with Crippen molar-refractivity contribution in [2.24, 2.45) is 5.41 Å². The summed E-state index contributed by atoms with van der Waals surface area (Å²) in [5, 5.41) is 17.8. The molecule has 38 heavy (non-hydrogen) atoms. The van der Waals surface area contributed by atoms with Gasteiger partial charge in [-0.2, -0.15) is 0 Å². The molecule has 1 aromatic heterocycles. The van der Waals surface area contributed by atoms with Crippen molar-refractivity contribution in [3.63, 3.8) is 0 Å². The van der Waals surface area contributed by atoms with Crippen molar-refractivity contribution >= 4 is 5.91 Å². The molecule has 3 N–H and O–H groups in total. The van der Waals surface area contributed by atoms with Crippen molar-refractivity contribution in [2.75, 3.05) is 20.3 Å². The van der Waals surface area contributed by atoms with Crippen LogP contribution >= 0.6 is 0 Å². The number of methoxy groups -OCH3 is 1. The minimum Gasteiger partial charge on any atom is -0.471 e. The minimum atomic E-state index is -0.860. The highest BCUT2D eigenvalue weighted by atomic mass is 19.1. The standard InChI is InChI=1S/C30H42FN3O4/c1-29(2,3)16-21-14-23-25(17-30(11-5-12-30)38-28(23)33-18-21)32-19-26(35)24(34-27(36)10-13-37-4)15-20-6-8-22(31)9-7-20/h6-9,14,18,24-26,32,35H,5,10-13,15-17,19H2,1-4H3,(H,34,36)/t24-,25-,26-/m0/s1. The molecule has 0 bridgehead atoms. The van der Waals surface area contributed by atoms with E-state index in [2.05, 4.69) is 37.5 Å². The van der Waals surface area contributed by atoms with Crippen LogP contribution in [0.1, 0.15) is 75.6 Å². The largest absolute Gasteiger partial charge is 0.471 e. The van der Waals surface area contributed by atoms with Crippen LogP contribution < -0.4 is 15.4 Å². The van der Waals surface area contributed by atoms with E-state index in [-0.39, 0.29) is 41.7 Å². The van der Waals surface area contributed by atoms with Gasteiger partial charge in [-0.05, 0) is 66.8 Å². The maximum absolute atomic E-state index is 13.4. The number of ether oxygens (including phenoxy) is 2. The Kier molecular flexibility index (Phi) is 9.06. The lowest BCUT2D eigenvalue weighted by molar-refractivity contribution is -0.123. The van der Waals surface area contributed by atoms with Crippen molar-refractivity contribution in [3.8, 4) is 5.88 Å².